The lowest BCUT2D eigenvalue weighted by Crippen LogP contribution is -2.25. The molecular formula is C24H27N3O4. The summed E-state index contributed by atoms with van der Waals surface area (Å²) in [6, 6.07) is 18.3. The highest BCUT2D eigenvalue weighted by molar-refractivity contribution is 5.75. The Balaban J connectivity index is 1.53. The number of hydrogen-bond donors (Lipinski definition) is 1. The van der Waals surface area contributed by atoms with Crippen molar-refractivity contribution in [2.24, 2.45) is 0 Å². The van der Waals surface area contributed by atoms with Gasteiger partial charge in [-0.3, -0.25) is 9.59 Å². The van der Waals surface area contributed by atoms with Crippen LogP contribution in [0.15, 0.2) is 65.5 Å². The summed E-state index contributed by atoms with van der Waals surface area (Å²) >= 11 is 0. The number of nitrogens with one attached hydrogen (secondary N) is 1. The SMILES string of the molecule is CCOc1ccc(-c2ccc(=O)n(CCCC(=O)NCc3cccc(OC)c3)n2)cc1. The van der Waals surface area contributed by atoms with Crippen LogP contribution in [0.4, 0.5) is 0 Å². The van der Waals surface area contributed by atoms with Crippen molar-refractivity contribution in [3.8, 4) is 22.8 Å². The molecule has 0 bridgehead atoms. The zero-order valence-electron chi connectivity index (χ0n) is 17.8. The maximum atomic E-state index is 12.2. The third-order valence-corrected chi connectivity index (χ3v) is 4.73. The summed E-state index contributed by atoms with van der Waals surface area (Å²) in [5.74, 6) is 1.47. The Morgan fingerprint density at radius 3 is 2.61 bits per heavy atom. The molecule has 0 fully saturated rings. The quantitative estimate of drug-likeness (QED) is 0.542. The van der Waals surface area contributed by atoms with Gasteiger partial charge in [0.15, 0.2) is 0 Å². The van der Waals surface area contributed by atoms with E-state index < -0.39 is 0 Å². The van der Waals surface area contributed by atoms with E-state index >= 15 is 0 Å². The van der Waals surface area contributed by atoms with Gasteiger partial charge in [0.1, 0.15) is 11.5 Å². The van der Waals surface area contributed by atoms with Gasteiger partial charge in [0.05, 0.1) is 19.4 Å². The molecule has 0 aliphatic heterocycles. The van der Waals surface area contributed by atoms with Gasteiger partial charge < -0.3 is 14.8 Å². The van der Waals surface area contributed by atoms with Crippen LogP contribution in [0.3, 0.4) is 0 Å². The molecule has 0 aliphatic rings. The Hall–Kier alpha value is -3.61. The number of rotatable bonds is 10. The predicted octanol–water partition coefficient (Wildman–Crippen LogP) is 3.41. The Bertz CT molecular complexity index is 1060. The van der Waals surface area contributed by atoms with E-state index in [-0.39, 0.29) is 11.5 Å². The summed E-state index contributed by atoms with van der Waals surface area (Å²) in [4.78, 5) is 24.3. The molecule has 1 heterocycles. The zero-order chi connectivity index (χ0) is 22.1. The molecule has 3 aromatic rings. The summed E-state index contributed by atoms with van der Waals surface area (Å²) in [7, 11) is 1.61. The Labute approximate surface area is 181 Å². The number of aryl methyl sites for hydroxylation is 1. The summed E-state index contributed by atoms with van der Waals surface area (Å²) in [5.41, 5.74) is 2.37. The molecule has 1 aromatic heterocycles. The van der Waals surface area contributed by atoms with Gasteiger partial charge in [-0.25, -0.2) is 4.68 Å². The van der Waals surface area contributed by atoms with E-state index in [2.05, 4.69) is 10.4 Å². The first kappa shape index (κ1) is 22.1. The van der Waals surface area contributed by atoms with Crippen molar-refractivity contribution < 1.29 is 14.3 Å². The minimum atomic E-state index is -0.188. The molecule has 7 nitrogen and oxygen atoms in total. The van der Waals surface area contributed by atoms with Gasteiger partial charge in [0.2, 0.25) is 5.91 Å². The van der Waals surface area contributed by atoms with Crippen LogP contribution in [0.1, 0.15) is 25.3 Å². The van der Waals surface area contributed by atoms with E-state index in [1.54, 1.807) is 13.2 Å². The number of carbonyl (C=O) groups is 1. The lowest BCUT2D eigenvalue weighted by atomic mass is 10.1. The molecule has 3 rings (SSSR count). The molecule has 0 saturated heterocycles. The molecule has 0 unspecified atom stereocenters. The second kappa shape index (κ2) is 11.0. The van der Waals surface area contributed by atoms with E-state index in [0.717, 1.165) is 22.6 Å². The van der Waals surface area contributed by atoms with E-state index in [9.17, 15) is 9.59 Å². The highest BCUT2D eigenvalue weighted by Crippen LogP contribution is 2.20. The van der Waals surface area contributed by atoms with E-state index in [1.807, 2.05) is 55.5 Å². The van der Waals surface area contributed by atoms with Gasteiger partial charge in [-0.15, -0.1) is 0 Å². The molecule has 0 atom stereocenters. The van der Waals surface area contributed by atoms with E-state index in [0.29, 0.717) is 38.2 Å². The maximum Gasteiger partial charge on any atom is 0.266 e. The van der Waals surface area contributed by atoms with Crippen LogP contribution in [-0.4, -0.2) is 29.4 Å². The minimum Gasteiger partial charge on any atom is -0.497 e. The number of methoxy groups -OCH3 is 1. The number of nitrogens with zero attached hydrogens (tertiary/aromatic N) is 2. The number of ether oxygens (including phenoxy) is 2. The third kappa shape index (κ3) is 6.44. The lowest BCUT2D eigenvalue weighted by Gasteiger charge is -2.09. The van der Waals surface area contributed by atoms with Crippen LogP contribution in [0.5, 0.6) is 11.5 Å². The molecule has 0 aliphatic carbocycles. The lowest BCUT2D eigenvalue weighted by molar-refractivity contribution is -0.121. The van der Waals surface area contributed by atoms with Gasteiger partial charge in [-0.05, 0) is 61.4 Å². The van der Waals surface area contributed by atoms with Gasteiger partial charge in [0.25, 0.3) is 5.56 Å². The second-order valence-electron chi connectivity index (χ2n) is 6.97. The molecule has 162 valence electrons. The maximum absolute atomic E-state index is 12.2. The summed E-state index contributed by atoms with van der Waals surface area (Å²) < 4.78 is 12.0. The fraction of sp³-hybridized carbons (Fsp3) is 0.292. The standard InChI is InChI=1S/C24H27N3O4/c1-3-31-20-11-9-19(10-12-20)22-13-14-24(29)27(26-22)15-5-8-23(28)25-17-18-6-4-7-21(16-18)30-2/h4,6-7,9-14,16H,3,5,8,15,17H2,1-2H3,(H,25,28). The monoisotopic (exact) mass is 421 g/mol. The van der Waals surface area contributed by atoms with Crippen LogP contribution < -0.4 is 20.3 Å². The van der Waals surface area contributed by atoms with Crippen molar-refractivity contribution in [3.63, 3.8) is 0 Å². The van der Waals surface area contributed by atoms with Gasteiger partial charge in [-0.1, -0.05) is 12.1 Å². The van der Waals surface area contributed by atoms with E-state index in [1.165, 1.54) is 10.7 Å². The molecule has 0 spiro atoms. The van der Waals surface area contributed by atoms with Crippen molar-refractivity contribution in [1.82, 2.24) is 15.1 Å². The normalized spacial score (nSPS) is 10.5. The molecule has 0 radical (unpaired) electrons. The van der Waals surface area contributed by atoms with Crippen molar-refractivity contribution in [2.45, 2.75) is 32.9 Å². The van der Waals surface area contributed by atoms with Crippen molar-refractivity contribution in [3.05, 3.63) is 76.6 Å². The fourth-order valence-corrected chi connectivity index (χ4v) is 3.11. The van der Waals surface area contributed by atoms with Crippen LogP contribution in [0.2, 0.25) is 0 Å². The Kier molecular flexibility index (Phi) is 7.81. The van der Waals surface area contributed by atoms with Crippen molar-refractivity contribution >= 4 is 5.91 Å². The van der Waals surface area contributed by atoms with Gasteiger partial charge in [-0.2, -0.15) is 5.10 Å². The smallest absolute Gasteiger partial charge is 0.266 e. The average molecular weight is 421 g/mol. The molecule has 2 aromatic carbocycles. The van der Waals surface area contributed by atoms with Gasteiger partial charge in [0, 0.05) is 31.1 Å². The van der Waals surface area contributed by atoms with Crippen molar-refractivity contribution in [1.29, 1.82) is 0 Å². The average Bonchev–Trinajstić information content (AvgIpc) is 2.80. The highest BCUT2D eigenvalue weighted by atomic mass is 16.5. The van der Waals surface area contributed by atoms with Crippen LogP contribution in [-0.2, 0) is 17.9 Å². The van der Waals surface area contributed by atoms with Gasteiger partial charge >= 0.3 is 0 Å². The number of benzene rings is 2. The van der Waals surface area contributed by atoms with Crippen LogP contribution in [0.25, 0.3) is 11.3 Å². The molecule has 31 heavy (non-hydrogen) atoms. The van der Waals surface area contributed by atoms with Crippen LogP contribution >= 0.6 is 0 Å². The summed E-state index contributed by atoms with van der Waals surface area (Å²) in [6.07, 6.45) is 0.828. The second-order valence-corrected chi connectivity index (χ2v) is 6.97. The molecule has 7 heteroatoms. The first-order chi connectivity index (χ1) is 15.1. The largest absolute Gasteiger partial charge is 0.497 e. The number of hydrogen-bond acceptors (Lipinski definition) is 5. The first-order valence-electron chi connectivity index (χ1n) is 10.3. The molecule has 0 saturated carbocycles. The third-order valence-electron chi connectivity index (χ3n) is 4.73. The minimum absolute atomic E-state index is 0.0708. The summed E-state index contributed by atoms with van der Waals surface area (Å²) in [5, 5.41) is 7.34. The Morgan fingerprint density at radius 2 is 1.87 bits per heavy atom. The highest BCUT2D eigenvalue weighted by Gasteiger charge is 2.07. The number of amides is 1. The fourth-order valence-electron chi connectivity index (χ4n) is 3.11. The molecule has 1 N–H and O–H groups in total. The first-order valence-corrected chi connectivity index (χ1v) is 10.3. The predicted molar refractivity (Wildman–Crippen MR) is 119 cm³/mol. The number of carbonyl (C=O) groups excluding carboxylic acids is 1. The Morgan fingerprint density at radius 1 is 1.06 bits per heavy atom. The van der Waals surface area contributed by atoms with E-state index in [4.69, 9.17) is 9.47 Å². The number of aromatic nitrogens is 2. The summed E-state index contributed by atoms with van der Waals surface area (Å²) in [6.45, 7) is 3.35. The van der Waals surface area contributed by atoms with Crippen molar-refractivity contribution in [2.75, 3.05) is 13.7 Å². The topological polar surface area (TPSA) is 82.5 Å². The molecular weight excluding hydrogens is 394 g/mol. The van der Waals surface area contributed by atoms with Crippen LogP contribution in [0, 0.1) is 0 Å². The molecule has 1 amide bonds. The zero-order valence-corrected chi connectivity index (χ0v) is 17.8.